The lowest BCUT2D eigenvalue weighted by atomic mass is 9.90. The summed E-state index contributed by atoms with van der Waals surface area (Å²) in [6.45, 7) is 4.40. The summed E-state index contributed by atoms with van der Waals surface area (Å²) in [4.78, 5) is 11.0. The van der Waals surface area contributed by atoms with Gasteiger partial charge in [0.2, 0.25) is 5.76 Å². The second-order valence-electron chi connectivity index (χ2n) is 3.64. The molecule has 0 aliphatic rings. The lowest BCUT2D eigenvalue weighted by Crippen LogP contribution is -2.21. The lowest BCUT2D eigenvalue weighted by Gasteiger charge is -2.14. The number of hydrogen-bond acceptors (Lipinski definition) is 2. The minimum absolute atomic E-state index is 0.208. The van der Waals surface area contributed by atoms with Crippen LogP contribution < -0.4 is 0 Å². The van der Waals surface area contributed by atoms with Crippen molar-refractivity contribution in [3.05, 3.63) is 11.8 Å². The summed E-state index contributed by atoms with van der Waals surface area (Å²) in [6.07, 6.45) is -4.64. The Labute approximate surface area is 74.1 Å². The van der Waals surface area contributed by atoms with E-state index >= 15 is 0 Å². The number of aliphatic hydroxyl groups excluding tert-OH is 1. The number of hydrogen-bond donors (Lipinski definition) is 1. The molecule has 0 fully saturated rings. The van der Waals surface area contributed by atoms with E-state index in [0.717, 1.165) is 0 Å². The van der Waals surface area contributed by atoms with Crippen LogP contribution >= 0.6 is 0 Å². The molecular weight excluding hydrogens is 185 g/mol. The number of halogens is 3. The number of carbonyl (C=O) groups is 1. The van der Waals surface area contributed by atoms with Crippen molar-refractivity contribution in [3.8, 4) is 0 Å². The van der Waals surface area contributed by atoms with E-state index in [4.69, 9.17) is 5.11 Å². The molecule has 0 aromatic carbocycles. The number of alkyl halides is 3. The molecular formula is C8H11F3O2. The van der Waals surface area contributed by atoms with E-state index in [2.05, 4.69) is 0 Å². The van der Waals surface area contributed by atoms with E-state index in [1.54, 1.807) is 0 Å². The van der Waals surface area contributed by atoms with Gasteiger partial charge in [0.25, 0.3) is 0 Å². The fourth-order valence-corrected chi connectivity index (χ4v) is 0.423. The molecule has 76 valence electrons. The summed E-state index contributed by atoms with van der Waals surface area (Å²) >= 11 is 0. The van der Waals surface area contributed by atoms with Crippen molar-refractivity contribution in [2.75, 3.05) is 0 Å². The lowest BCUT2D eigenvalue weighted by molar-refractivity contribution is -0.128. The van der Waals surface area contributed by atoms with Crippen molar-refractivity contribution >= 4 is 5.78 Å². The Balaban J connectivity index is 4.70. The van der Waals surface area contributed by atoms with E-state index < -0.39 is 23.1 Å². The molecule has 0 bridgehead atoms. The molecule has 0 aromatic rings. The highest BCUT2D eigenvalue weighted by atomic mass is 19.4. The Kier molecular flexibility index (Phi) is 3.13. The molecule has 0 aliphatic heterocycles. The van der Waals surface area contributed by atoms with Crippen molar-refractivity contribution in [2.45, 2.75) is 26.9 Å². The normalized spacial score (nSPS) is 14.5. The minimum atomic E-state index is -4.85. The van der Waals surface area contributed by atoms with Crippen molar-refractivity contribution < 1.29 is 23.1 Å². The van der Waals surface area contributed by atoms with Crippen molar-refractivity contribution in [2.24, 2.45) is 5.41 Å². The highest BCUT2D eigenvalue weighted by Gasteiger charge is 2.35. The zero-order valence-corrected chi connectivity index (χ0v) is 7.57. The minimum Gasteiger partial charge on any atom is -0.504 e. The van der Waals surface area contributed by atoms with Gasteiger partial charge in [-0.15, -0.1) is 0 Å². The molecule has 2 nitrogen and oxygen atoms in total. The second-order valence-corrected chi connectivity index (χ2v) is 3.64. The van der Waals surface area contributed by atoms with Gasteiger partial charge in [-0.3, -0.25) is 4.79 Å². The molecule has 0 aliphatic carbocycles. The van der Waals surface area contributed by atoms with Crippen LogP contribution in [-0.2, 0) is 4.79 Å². The smallest absolute Gasteiger partial charge is 0.448 e. The average Bonchev–Trinajstić information content (AvgIpc) is 1.82. The van der Waals surface area contributed by atoms with Crippen LogP contribution in [0.1, 0.15) is 20.8 Å². The Bertz CT molecular complexity index is 233. The number of rotatable bonds is 1. The number of carbonyl (C=O) groups excluding carboxylic acids is 1. The van der Waals surface area contributed by atoms with E-state index in [9.17, 15) is 18.0 Å². The van der Waals surface area contributed by atoms with Crippen LogP contribution in [0.4, 0.5) is 13.2 Å². The topological polar surface area (TPSA) is 37.3 Å². The summed E-state index contributed by atoms with van der Waals surface area (Å²) in [6, 6.07) is 0. The van der Waals surface area contributed by atoms with E-state index in [0.29, 0.717) is 0 Å². The van der Waals surface area contributed by atoms with Crippen LogP contribution in [-0.4, -0.2) is 17.1 Å². The maximum Gasteiger partial charge on any atom is 0.448 e. The molecule has 5 heteroatoms. The Morgan fingerprint density at radius 2 is 1.62 bits per heavy atom. The third-order valence-corrected chi connectivity index (χ3v) is 1.30. The summed E-state index contributed by atoms with van der Waals surface area (Å²) in [5.41, 5.74) is -0.917. The first-order chi connectivity index (χ1) is 5.55. The predicted molar refractivity (Wildman–Crippen MR) is 41.2 cm³/mol. The summed E-state index contributed by atoms with van der Waals surface area (Å²) < 4.78 is 35.2. The number of ketones is 1. The number of aliphatic hydroxyl groups is 1. The standard InChI is InChI=1S/C8H11F3O2/c1-7(2,3)5(12)4-6(13)8(9,10)11/h4,13H,1-3H3/b6-4-. The first-order valence-corrected chi connectivity index (χ1v) is 3.57. The molecule has 0 saturated heterocycles. The fraction of sp³-hybridized carbons (Fsp3) is 0.625. The van der Waals surface area contributed by atoms with Crippen LogP contribution in [0, 0.1) is 5.41 Å². The van der Waals surface area contributed by atoms with Gasteiger partial charge < -0.3 is 5.11 Å². The summed E-state index contributed by atoms with van der Waals surface area (Å²) in [7, 11) is 0. The quantitative estimate of drug-likeness (QED) is 0.517. The highest BCUT2D eigenvalue weighted by Crippen LogP contribution is 2.25. The SMILES string of the molecule is CC(C)(C)C(=O)/C=C(\O)C(F)(F)F. The molecule has 1 N–H and O–H groups in total. The van der Waals surface area contributed by atoms with Crippen LogP contribution in [0.2, 0.25) is 0 Å². The van der Waals surface area contributed by atoms with Gasteiger partial charge in [0.15, 0.2) is 5.78 Å². The molecule has 0 saturated carbocycles. The molecule has 0 atom stereocenters. The van der Waals surface area contributed by atoms with E-state index in [1.165, 1.54) is 20.8 Å². The largest absolute Gasteiger partial charge is 0.504 e. The third kappa shape index (κ3) is 3.96. The second kappa shape index (κ2) is 3.40. The number of allylic oxidation sites excluding steroid dienone is 2. The van der Waals surface area contributed by atoms with Gasteiger partial charge in [-0.05, 0) is 0 Å². The third-order valence-electron chi connectivity index (χ3n) is 1.30. The molecule has 0 rings (SSSR count). The van der Waals surface area contributed by atoms with Gasteiger partial charge in [-0.1, -0.05) is 20.8 Å². The van der Waals surface area contributed by atoms with Crippen molar-refractivity contribution in [1.82, 2.24) is 0 Å². The molecule has 0 spiro atoms. The average molecular weight is 196 g/mol. The molecule has 0 radical (unpaired) electrons. The van der Waals surface area contributed by atoms with Crippen molar-refractivity contribution in [1.29, 1.82) is 0 Å². The van der Waals surface area contributed by atoms with Crippen LogP contribution in [0.15, 0.2) is 11.8 Å². The van der Waals surface area contributed by atoms with Gasteiger partial charge in [0, 0.05) is 11.5 Å². The van der Waals surface area contributed by atoms with Crippen LogP contribution in [0.25, 0.3) is 0 Å². The first kappa shape index (κ1) is 12.0. The monoisotopic (exact) mass is 196 g/mol. The fourth-order valence-electron chi connectivity index (χ4n) is 0.423. The first-order valence-electron chi connectivity index (χ1n) is 3.57. The molecule has 13 heavy (non-hydrogen) atoms. The molecule has 0 unspecified atom stereocenters. The van der Waals surface area contributed by atoms with E-state index in [1.807, 2.05) is 0 Å². The van der Waals surface area contributed by atoms with Crippen LogP contribution in [0.3, 0.4) is 0 Å². The van der Waals surface area contributed by atoms with Gasteiger partial charge in [0.05, 0.1) is 0 Å². The highest BCUT2D eigenvalue weighted by molar-refractivity contribution is 5.94. The van der Waals surface area contributed by atoms with Gasteiger partial charge in [0.1, 0.15) is 0 Å². The Morgan fingerprint density at radius 3 is 1.85 bits per heavy atom. The Hall–Kier alpha value is -1.00. The van der Waals surface area contributed by atoms with Gasteiger partial charge in [-0.2, -0.15) is 13.2 Å². The van der Waals surface area contributed by atoms with Gasteiger partial charge >= 0.3 is 6.18 Å². The van der Waals surface area contributed by atoms with E-state index in [-0.39, 0.29) is 6.08 Å². The molecule has 0 amide bonds. The maximum absolute atomic E-state index is 11.7. The van der Waals surface area contributed by atoms with Gasteiger partial charge in [-0.25, -0.2) is 0 Å². The zero-order valence-electron chi connectivity index (χ0n) is 7.57. The predicted octanol–water partition coefficient (Wildman–Crippen LogP) is 2.61. The van der Waals surface area contributed by atoms with Crippen LogP contribution in [0.5, 0.6) is 0 Å². The Morgan fingerprint density at radius 1 is 1.23 bits per heavy atom. The molecule has 0 heterocycles. The zero-order chi connectivity index (χ0) is 10.9. The van der Waals surface area contributed by atoms with Crippen molar-refractivity contribution in [3.63, 3.8) is 0 Å². The summed E-state index contributed by atoms with van der Waals surface area (Å²) in [5.74, 6) is -2.62. The maximum atomic E-state index is 11.7. The molecule has 0 aromatic heterocycles. The summed E-state index contributed by atoms with van der Waals surface area (Å²) in [5, 5.41) is 8.43.